The van der Waals surface area contributed by atoms with Gasteiger partial charge in [-0.3, -0.25) is 9.00 Å². The van der Waals surface area contributed by atoms with E-state index in [1.54, 1.807) is 17.4 Å². The van der Waals surface area contributed by atoms with Gasteiger partial charge in [0.1, 0.15) is 9.75 Å². The number of aryl methyl sites for hydroxylation is 1. The highest BCUT2D eigenvalue weighted by atomic mass is 32.2. The summed E-state index contributed by atoms with van der Waals surface area (Å²) in [5, 5.41) is 0.908. The van der Waals surface area contributed by atoms with Crippen molar-refractivity contribution in [2.45, 2.75) is 35.8 Å². The Hall–Kier alpha value is -2.22. The van der Waals surface area contributed by atoms with E-state index in [4.69, 9.17) is 15.5 Å². The Bertz CT molecular complexity index is 1160. The van der Waals surface area contributed by atoms with Crippen LogP contribution >= 0.6 is 11.3 Å². The monoisotopic (exact) mass is 428 g/mol. The Morgan fingerprint density at radius 1 is 1.24 bits per heavy atom. The lowest BCUT2D eigenvalue weighted by molar-refractivity contribution is -0.122. The molecule has 0 aliphatic carbocycles. The summed E-state index contributed by atoms with van der Waals surface area (Å²) in [6, 6.07) is 13.8. The number of fused-ring (bicyclic) bond motifs is 1. The fraction of sp³-hybridized carbons (Fsp3) is 0.318. The largest absolute Gasteiger partial charge is 0.381 e. The van der Waals surface area contributed by atoms with Crippen molar-refractivity contribution in [1.82, 2.24) is 4.98 Å². The smallest absolute Gasteiger partial charge is 0.236 e. The summed E-state index contributed by atoms with van der Waals surface area (Å²) in [6.45, 7) is 2.84. The topological polar surface area (TPSA) is 82.3 Å². The first-order chi connectivity index (χ1) is 13.9. The molecule has 2 N–H and O–H groups in total. The maximum absolute atomic E-state index is 13.8. The van der Waals surface area contributed by atoms with E-state index < -0.39 is 20.2 Å². The van der Waals surface area contributed by atoms with Gasteiger partial charge in [-0.1, -0.05) is 31.2 Å². The average molecular weight is 429 g/mol. The first kappa shape index (κ1) is 20.1. The van der Waals surface area contributed by atoms with Crippen LogP contribution in [0.15, 0.2) is 47.4 Å². The van der Waals surface area contributed by atoms with E-state index in [1.165, 1.54) is 5.56 Å². The highest BCUT2D eigenvalue weighted by Crippen LogP contribution is 2.37. The summed E-state index contributed by atoms with van der Waals surface area (Å²) in [7, 11) is -2.95. The molecule has 5 nitrogen and oxygen atoms in total. The summed E-state index contributed by atoms with van der Waals surface area (Å²) < 4.78 is 18.9. The number of hydrogen-bond acceptors (Lipinski definition) is 5. The molecule has 7 heteroatoms. The number of primary amides is 1. The fourth-order valence-corrected chi connectivity index (χ4v) is 7.07. The van der Waals surface area contributed by atoms with E-state index in [2.05, 4.69) is 37.1 Å². The van der Waals surface area contributed by atoms with Crippen LogP contribution in [0.3, 0.4) is 0 Å². The highest BCUT2D eigenvalue weighted by molar-refractivity contribution is 8.02. The second kappa shape index (κ2) is 7.55. The summed E-state index contributed by atoms with van der Waals surface area (Å²) in [5.41, 5.74) is 8.89. The molecule has 0 saturated carbocycles. The molecule has 1 atom stereocenters. The van der Waals surface area contributed by atoms with Crippen molar-refractivity contribution in [2.24, 2.45) is 5.73 Å². The van der Waals surface area contributed by atoms with Crippen LogP contribution in [0.25, 0.3) is 20.8 Å². The molecule has 1 aromatic heterocycles. The molecule has 1 fully saturated rings. The zero-order valence-corrected chi connectivity index (χ0v) is 18.0. The van der Waals surface area contributed by atoms with E-state index >= 15 is 0 Å². The van der Waals surface area contributed by atoms with Gasteiger partial charge in [-0.2, -0.15) is 0 Å². The zero-order chi connectivity index (χ0) is 20.6. The fourth-order valence-electron chi connectivity index (χ4n) is 3.78. The molecule has 2 aromatic carbocycles. The van der Waals surface area contributed by atoms with E-state index in [-0.39, 0.29) is 0 Å². The zero-order valence-electron chi connectivity index (χ0n) is 16.3. The van der Waals surface area contributed by atoms with Gasteiger partial charge < -0.3 is 10.5 Å². The molecule has 152 valence electrons. The maximum Gasteiger partial charge on any atom is 0.236 e. The Labute approximate surface area is 174 Å². The first-order valence-electron chi connectivity index (χ1n) is 9.62. The van der Waals surface area contributed by atoms with Crippen LogP contribution in [-0.4, -0.2) is 38.9 Å². The van der Waals surface area contributed by atoms with Crippen LogP contribution < -0.4 is 5.73 Å². The normalized spacial score (nSPS) is 18.4. The predicted molar refractivity (Wildman–Crippen MR) is 120 cm³/mol. The number of hydrogen-bond donors (Lipinski definition) is 1. The second-order valence-electron chi connectivity index (χ2n) is 7.35. The van der Waals surface area contributed by atoms with Crippen LogP contribution in [0.2, 0.25) is 0 Å². The van der Waals surface area contributed by atoms with Gasteiger partial charge in [-0.25, -0.2) is 4.98 Å². The van der Waals surface area contributed by atoms with Crippen molar-refractivity contribution >= 4 is 42.9 Å². The van der Waals surface area contributed by atoms with Crippen LogP contribution in [0.5, 0.6) is 0 Å². The van der Waals surface area contributed by atoms with Crippen molar-refractivity contribution in [3.8, 4) is 10.6 Å². The molecule has 0 bridgehead atoms. The van der Waals surface area contributed by atoms with Gasteiger partial charge in [0.25, 0.3) is 0 Å². The van der Waals surface area contributed by atoms with Gasteiger partial charge in [0, 0.05) is 33.2 Å². The van der Waals surface area contributed by atoms with Crippen LogP contribution in [0, 0.1) is 0 Å². The van der Waals surface area contributed by atoms with Gasteiger partial charge in [-0.15, -0.1) is 11.3 Å². The number of benzene rings is 2. The number of rotatable bonds is 5. The SMILES string of the molecule is C=S(=O)(c1ccc2nc(-c3ccc(CC)cc3)sc2c1)C1(C(N)=O)CCOCC1. The number of amides is 1. The van der Waals surface area contributed by atoms with Gasteiger partial charge in [-0.05, 0) is 48.9 Å². The van der Waals surface area contributed by atoms with Crippen LogP contribution in [0.4, 0.5) is 0 Å². The molecule has 1 aliphatic heterocycles. The number of ether oxygens (including phenoxy) is 1. The molecule has 0 radical (unpaired) electrons. The van der Waals surface area contributed by atoms with E-state index in [9.17, 15) is 9.00 Å². The number of carbonyl (C=O) groups is 1. The number of thiazole rings is 1. The standard InChI is InChI=1S/C22H24N2O3S2/c1-3-15-4-6-16(7-5-15)20-24-18-9-8-17(14-19(18)28-20)29(2,26)22(21(23)25)10-12-27-13-11-22/h4-9,14H,2-3,10-13H2,1H3,(H2,23,25). The lowest BCUT2D eigenvalue weighted by atomic mass is 9.98. The average Bonchev–Trinajstić information content (AvgIpc) is 3.17. The van der Waals surface area contributed by atoms with Crippen molar-refractivity contribution in [3.05, 3.63) is 48.0 Å². The molecule has 2 heterocycles. The van der Waals surface area contributed by atoms with Gasteiger partial charge in [0.2, 0.25) is 5.91 Å². The lowest BCUT2D eigenvalue weighted by Gasteiger charge is -2.37. The highest BCUT2D eigenvalue weighted by Gasteiger charge is 2.46. The quantitative estimate of drug-likeness (QED) is 0.629. The molecule has 1 aliphatic rings. The van der Waals surface area contributed by atoms with Crippen molar-refractivity contribution < 1.29 is 13.7 Å². The molecule has 29 heavy (non-hydrogen) atoms. The number of nitrogens with zero attached hydrogens (tertiary/aromatic N) is 1. The second-order valence-corrected chi connectivity index (χ2v) is 11.0. The van der Waals surface area contributed by atoms with Crippen molar-refractivity contribution in [3.63, 3.8) is 0 Å². The molecular weight excluding hydrogens is 404 g/mol. The summed E-state index contributed by atoms with van der Waals surface area (Å²) in [5.74, 6) is 3.44. The van der Waals surface area contributed by atoms with Gasteiger partial charge in [0.15, 0.2) is 0 Å². The van der Waals surface area contributed by atoms with Crippen LogP contribution in [0.1, 0.15) is 25.3 Å². The summed E-state index contributed by atoms with van der Waals surface area (Å²) >= 11 is 1.54. The Morgan fingerprint density at radius 3 is 2.55 bits per heavy atom. The Morgan fingerprint density at radius 2 is 1.93 bits per heavy atom. The van der Waals surface area contributed by atoms with E-state index in [0.29, 0.717) is 31.0 Å². The van der Waals surface area contributed by atoms with Gasteiger partial charge in [0.05, 0.1) is 10.2 Å². The number of aromatic nitrogens is 1. The Balaban J connectivity index is 1.76. The molecular formula is C22H24N2O3S2. The molecule has 1 amide bonds. The molecule has 4 rings (SSSR count). The Kier molecular flexibility index (Phi) is 5.23. The maximum atomic E-state index is 13.8. The molecule has 3 aromatic rings. The number of carbonyl (C=O) groups excluding carboxylic acids is 1. The number of nitrogens with two attached hydrogens (primary N) is 1. The van der Waals surface area contributed by atoms with E-state index in [1.807, 2.05) is 12.1 Å². The third kappa shape index (κ3) is 3.37. The van der Waals surface area contributed by atoms with Crippen molar-refractivity contribution in [2.75, 3.05) is 13.2 Å². The third-order valence-electron chi connectivity index (χ3n) is 5.73. The van der Waals surface area contributed by atoms with E-state index in [0.717, 1.165) is 27.2 Å². The summed E-state index contributed by atoms with van der Waals surface area (Å²) in [6.07, 6.45) is 1.63. The molecule has 1 saturated heterocycles. The minimum Gasteiger partial charge on any atom is -0.381 e. The lowest BCUT2D eigenvalue weighted by Crippen LogP contribution is -2.53. The van der Waals surface area contributed by atoms with Crippen LogP contribution in [-0.2, 0) is 25.5 Å². The van der Waals surface area contributed by atoms with Gasteiger partial charge >= 0.3 is 0 Å². The molecule has 0 spiro atoms. The minimum atomic E-state index is -2.95. The summed E-state index contributed by atoms with van der Waals surface area (Å²) in [4.78, 5) is 17.6. The van der Waals surface area contributed by atoms with Crippen molar-refractivity contribution in [1.29, 1.82) is 0 Å². The molecule has 1 unspecified atom stereocenters. The minimum absolute atomic E-state index is 0.320. The third-order valence-corrected chi connectivity index (χ3v) is 9.68. The predicted octanol–water partition coefficient (Wildman–Crippen LogP) is 3.64. The first-order valence-corrected chi connectivity index (χ1v) is 12.2.